The lowest BCUT2D eigenvalue weighted by atomic mass is 10.3. The molecule has 0 saturated heterocycles. The minimum atomic E-state index is -0.385. The van der Waals surface area contributed by atoms with E-state index in [1.165, 1.54) is 13.3 Å². The van der Waals surface area contributed by atoms with Gasteiger partial charge in [0.2, 0.25) is 0 Å². The Morgan fingerprint density at radius 1 is 1.36 bits per heavy atom. The van der Waals surface area contributed by atoms with Gasteiger partial charge in [-0.2, -0.15) is 5.10 Å². The third-order valence-electron chi connectivity index (χ3n) is 2.97. The number of nitrogens with one attached hydrogen (secondary N) is 1. The third kappa shape index (κ3) is 2.73. The lowest BCUT2D eigenvalue weighted by Crippen LogP contribution is -2.11. The van der Waals surface area contributed by atoms with Gasteiger partial charge in [-0.05, 0) is 12.1 Å². The Labute approximate surface area is 129 Å². The first-order chi connectivity index (χ1) is 10.7. The number of nitrogens with zero attached hydrogens (tertiary/aromatic N) is 3. The molecule has 0 aliphatic carbocycles. The SMILES string of the molecule is COC(=O)CSc1nc2c(cnn2-c2ccccc2)c(=O)[nH]1. The average Bonchev–Trinajstić information content (AvgIpc) is 2.98. The monoisotopic (exact) mass is 316 g/mol. The summed E-state index contributed by atoms with van der Waals surface area (Å²) in [5.74, 6) is -0.311. The van der Waals surface area contributed by atoms with Crippen LogP contribution in [-0.2, 0) is 9.53 Å². The van der Waals surface area contributed by atoms with E-state index in [1.54, 1.807) is 4.68 Å². The second-order valence-electron chi connectivity index (χ2n) is 4.37. The Morgan fingerprint density at radius 3 is 2.86 bits per heavy atom. The van der Waals surface area contributed by atoms with Gasteiger partial charge in [-0.25, -0.2) is 9.67 Å². The van der Waals surface area contributed by atoms with Gasteiger partial charge < -0.3 is 9.72 Å². The van der Waals surface area contributed by atoms with Crippen molar-refractivity contribution in [1.82, 2.24) is 19.7 Å². The highest BCUT2D eigenvalue weighted by Gasteiger charge is 2.12. The van der Waals surface area contributed by atoms with E-state index in [1.807, 2.05) is 30.3 Å². The lowest BCUT2D eigenvalue weighted by Gasteiger charge is -2.04. The van der Waals surface area contributed by atoms with Crippen molar-refractivity contribution in [2.45, 2.75) is 5.16 Å². The van der Waals surface area contributed by atoms with Crippen LogP contribution in [0.15, 0.2) is 46.5 Å². The molecular formula is C14H12N4O3S. The molecule has 0 saturated carbocycles. The van der Waals surface area contributed by atoms with E-state index in [4.69, 9.17) is 0 Å². The summed E-state index contributed by atoms with van der Waals surface area (Å²) in [6.45, 7) is 0. The number of para-hydroxylation sites is 1. The molecule has 3 rings (SSSR count). The van der Waals surface area contributed by atoms with Gasteiger partial charge in [-0.3, -0.25) is 9.59 Å². The Morgan fingerprint density at radius 2 is 2.14 bits per heavy atom. The number of thioether (sulfide) groups is 1. The number of ether oxygens (including phenoxy) is 1. The number of aromatic amines is 1. The van der Waals surface area contributed by atoms with Gasteiger partial charge in [0.15, 0.2) is 10.8 Å². The molecule has 0 radical (unpaired) electrons. The first-order valence-corrected chi connectivity index (χ1v) is 7.40. The van der Waals surface area contributed by atoms with Crippen molar-refractivity contribution in [2.75, 3.05) is 12.9 Å². The van der Waals surface area contributed by atoms with Crippen molar-refractivity contribution in [3.05, 3.63) is 46.9 Å². The Hall–Kier alpha value is -2.61. The van der Waals surface area contributed by atoms with Crippen LogP contribution < -0.4 is 5.56 Å². The summed E-state index contributed by atoms with van der Waals surface area (Å²) in [5, 5.41) is 4.95. The van der Waals surface area contributed by atoms with Crippen LogP contribution in [0.2, 0.25) is 0 Å². The molecule has 8 heteroatoms. The number of H-pyrrole nitrogens is 1. The molecule has 2 aromatic heterocycles. The lowest BCUT2D eigenvalue weighted by molar-refractivity contribution is -0.137. The number of esters is 1. The van der Waals surface area contributed by atoms with Crippen LogP contribution in [0.1, 0.15) is 0 Å². The molecule has 0 aliphatic heterocycles. The van der Waals surface area contributed by atoms with Crippen molar-refractivity contribution in [1.29, 1.82) is 0 Å². The van der Waals surface area contributed by atoms with Crippen molar-refractivity contribution in [3.63, 3.8) is 0 Å². The summed E-state index contributed by atoms with van der Waals surface area (Å²) in [6.07, 6.45) is 1.48. The molecule has 1 N–H and O–H groups in total. The van der Waals surface area contributed by atoms with E-state index in [-0.39, 0.29) is 17.3 Å². The van der Waals surface area contributed by atoms with Crippen molar-refractivity contribution >= 4 is 28.8 Å². The molecule has 0 atom stereocenters. The fourth-order valence-corrected chi connectivity index (χ4v) is 2.60. The number of carbonyl (C=O) groups excluding carboxylic acids is 1. The summed E-state index contributed by atoms with van der Waals surface area (Å²) in [6, 6.07) is 9.39. The topological polar surface area (TPSA) is 89.9 Å². The highest BCUT2D eigenvalue weighted by molar-refractivity contribution is 7.99. The molecule has 0 amide bonds. The summed E-state index contributed by atoms with van der Waals surface area (Å²) >= 11 is 1.11. The molecule has 0 fully saturated rings. The Kier molecular flexibility index (Phi) is 3.92. The van der Waals surface area contributed by atoms with Crippen molar-refractivity contribution < 1.29 is 9.53 Å². The predicted molar refractivity (Wildman–Crippen MR) is 82.2 cm³/mol. The van der Waals surface area contributed by atoms with Gasteiger partial charge >= 0.3 is 5.97 Å². The van der Waals surface area contributed by atoms with Gasteiger partial charge in [-0.15, -0.1) is 0 Å². The zero-order valence-corrected chi connectivity index (χ0v) is 12.5. The molecule has 0 unspecified atom stereocenters. The largest absolute Gasteiger partial charge is 0.468 e. The number of hydrogen-bond donors (Lipinski definition) is 1. The summed E-state index contributed by atoms with van der Waals surface area (Å²) in [7, 11) is 1.31. The molecule has 0 aliphatic rings. The zero-order chi connectivity index (χ0) is 15.5. The van der Waals surface area contributed by atoms with E-state index in [0.29, 0.717) is 16.2 Å². The fraction of sp³-hybridized carbons (Fsp3) is 0.143. The number of aromatic nitrogens is 4. The maximum absolute atomic E-state index is 12.1. The Bertz CT molecular complexity index is 873. The molecule has 112 valence electrons. The number of rotatable bonds is 4. The van der Waals surface area contributed by atoms with Gasteiger partial charge in [0.05, 0.1) is 24.7 Å². The molecule has 0 bridgehead atoms. The van der Waals surface area contributed by atoms with Gasteiger partial charge in [0.1, 0.15) is 5.39 Å². The fourth-order valence-electron chi connectivity index (χ4n) is 1.91. The van der Waals surface area contributed by atoms with E-state index < -0.39 is 0 Å². The first-order valence-electron chi connectivity index (χ1n) is 6.42. The van der Waals surface area contributed by atoms with Crippen LogP contribution in [0.4, 0.5) is 0 Å². The van der Waals surface area contributed by atoms with Crippen LogP contribution in [0.5, 0.6) is 0 Å². The predicted octanol–water partition coefficient (Wildman–Crippen LogP) is 1.37. The second kappa shape index (κ2) is 6.02. The molecule has 2 heterocycles. The van der Waals surface area contributed by atoms with E-state index >= 15 is 0 Å². The van der Waals surface area contributed by atoms with Crippen LogP contribution in [0.3, 0.4) is 0 Å². The van der Waals surface area contributed by atoms with Crippen molar-refractivity contribution in [2.24, 2.45) is 0 Å². The third-order valence-corrected chi connectivity index (χ3v) is 3.82. The standard InChI is InChI=1S/C14H12N4O3S/c1-21-11(19)8-22-14-16-12-10(13(20)17-14)7-15-18(12)9-5-3-2-4-6-9/h2-7H,8H2,1H3,(H,16,17,20). The first kappa shape index (κ1) is 14.3. The number of methoxy groups -OCH3 is 1. The zero-order valence-electron chi connectivity index (χ0n) is 11.6. The van der Waals surface area contributed by atoms with Crippen LogP contribution in [-0.4, -0.2) is 38.6 Å². The minimum absolute atomic E-state index is 0.0738. The number of carbonyl (C=O) groups is 1. The Balaban J connectivity index is 2.04. The highest BCUT2D eigenvalue weighted by Crippen LogP contribution is 2.17. The highest BCUT2D eigenvalue weighted by atomic mass is 32.2. The normalized spacial score (nSPS) is 10.8. The number of hydrogen-bond acceptors (Lipinski definition) is 6. The maximum atomic E-state index is 12.1. The summed E-state index contributed by atoms with van der Waals surface area (Å²) in [5.41, 5.74) is 0.960. The van der Waals surface area contributed by atoms with Crippen LogP contribution >= 0.6 is 11.8 Å². The minimum Gasteiger partial charge on any atom is -0.468 e. The van der Waals surface area contributed by atoms with Crippen LogP contribution in [0, 0.1) is 0 Å². The molecule has 22 heavy (non-hydrogen) atoms. The second-order valence-corrected chi connectivity index (χ2v) is 5.33. The summed E-state index contributed by atoms with van der Waals surface area (Å²) in [4.78, 5) is 30.3. The molecule has 7 nitrogen and oxygen atoms in total. The van der Waals surface area contributed by atoms with E-state index in [9.17, 15) is 9.59 Å². The maximum Gasteiger partial charge on any atom is 0.316 e. The molecular weight excluding hydrogens is 304 g/mol. The molecule has 0 spiro atoms. The molecule has 3 aromatic rings. The van der Waals surface area contributed by atoms with E-state index in [0.717, 1.165) is 17.4 Å². The van der Waals surface area contributed by atoms with Gasteiger partial charge in [0.25, 0.3) is 5.56 Å². The molecule has 1 aromatic carbocycles. The van der Waals surface area contributed by atoms with Crippen molar-refractivity contribution in [3.8, 4) is 5.69 Å². The van der Waals surface area contributed by atoms with Crippen LogP contribution in [0.25, 0.3) is 16.7 Å². The average molecular weight is 316 g/mol. The van der Waals surface area contributed by atoms with Gasteiger partial charge in [-0.1, -0.05) is 30.0 Å². The smallest absolute Gasteiger partial charge is 0.316 e. The summed E-state index contributed by atoms with van der Waals surface area (Å²) < 4.78 is 6.16. The quantitative estimate of drug-likeness (QED) is 0.444. The van der Waals surface area contributed by atoms with E-state index in [2.05, 4.69) is 19.8 Å². The van der Waals surface area contributed by atoms with Gasteiger partial charge in [0, 0.05) is 0 Å². The number of benzene rings is 1. The number of fused-ring (bicyclic) bond motifs is 1.